The Kier molecular flexibility index (Phi) is 9.84. The van der Waals surface area contributed by atoms with E-state index in [0.29, 0.717) is 38.5 Å². The van der Waals surface area contributed by atoms with E-state index in [0.717, 1.165) is 13.1 Å². The maximum absolute atomic E-state index is 12.5. The Morgan fingerprint density at radius 1 is 1.20 bits per heavy atom. The second-order valence-corrected chi connectivity index (χ2v) is 7.39. The van der Waals surface area contributed by atoms with Gasteiger partial charge in [-0.2, -0.15) is 0 Å². The summed E-state index contributed by atoms with van der Waals surface area (Å²) in [5.41, 5.74) is 0. The van der Waals surface area contributed by atoms with Crippen LogP contribution in [0.5, 0.6) is 0 Å². The van der Waals surface area contributed by atoms with Gasteiger partial charge in [-0.05, 0) is 14.0 Å². The van der Waals surface area contributed by atoms with Gasteiger partial charge in [0.25, 0.3) is 0 Å². The fourth-order valence-corrected chi connectivity index (χ4v) is 3.05. The van der Waals surface area contributed by atoms with Gasteiger partial charge in [0.15, 0.2) is 5.12 Å². The van der Waals surface area contributed by atoms with Crippen LogP contribution in [0.2, 0.25) is 0 Å². The minimum atomic E-state index is -0.582. The summed E-state index contributed by atoms with van der Waals surface area (Å²) in [6.45, 7) is 7.49. The summed E-state index contributed by atoms with van der Waals surface area (Å²) in [5, 5.41) is 2.79. The average molecular weight is 375 g/mol. The molecule has 0 saturated carbocycles. The molecule has 8 nitrogen and oxygen atoms in total. The number of rotatable bonds is 8. The van der Waals surface area contributed by atoms with Gasteiger partial charge in [0.05, 0.1) is 6.61 Å². The van der Waals surface area contributed by atoms with Gasteiger partial charge in [-0.3, -0.25) is 9.59 Å². The minimum absolute atomic E-state index is 0.0192. The molecule has 9 heteroatoms. The Balaban J connectivity index is 2.51. The highest BCUT2D eigenvalue weighted by Gasteiger charge is 2.26. The van der Waals surface area contributed by atoms with Crippen molar-refractivity contribution in [3.05, 3.63) is 0 Å². The molecule has 144 valence electrons. The van der Waals surface area contributed by atoms with E-state index < -0.39 is 6.04 Å². The summed E-state index contributed by atoms with van der Waals surface area (Å²) in [4.78, 5) is 41.5. The van der Waals surface area contributed by atoms with Crippen LogP contribution in [-0.2, 0) is 14.3 Å². The summed E-state index contributed by atoms with van der Waals surface area (Å²) in [6.07, 6.45) is 0. The van der Waals surface area contributed by atoms with Crippen molar-refractivity contribution in [3.63, 3.8) is 0 Å². The molecule has 3 amide bonds. The zero-order valence-corrected chi connectivity index (χ0v) is 16.4. The predicted octanol–water partition coefficient (Wildman–Crippen LogP) is 0.0866. The van der Waals surface area contributed by atoms with Crippen molar-refractivity contribution < 1.29 is 19.1 Å². The summed E-state index contributed by atoms with van der Waals surface area (Å²) in [7, 11) is 3.60. The summed E-state index contributed by atoms with van der Waals surface area (Å²) in [5.74, 6) is 0.457. The number of thioether (sulfide) groups is 1. The molecule has 1 saturated heterocycles. The van der Waals surface area contributed by atoms with Crippen LogP contribution in [0.4, 0.5) is 4.79 Å². The number of nitrogens with zero attached hydrogens (tertiary/aromatic N) is 3. The SMILES string of the molecule is COCCN(CCSC(C)=O)C(=O)N[C@@H](C)C(=O)N1CCN(C)CC1. The molecule has 1 fully saturated rings. The van der Waals surface area contributed by atoms with E-state index in [1.54, 1.807) is 23.8 Å². The third-order valence-corrected chi connectivity index (χ3v) is 4.84. The van der Waals surface area contributed by atoms with Gasteiger partial charge < -0.3 is 24.8 Å². The molecular formula is C16H30N4O4S. The lowest BCUT2D eigenvalue weighted by Gasteiger charge is -2.34. The summed E-state index contributed by atoms with van der Waals surface area (Å²) in [6, 6.07) is -0.891. The Morgan fingerprint density at radius 3 is 2.40 bits per heavy atom. The van der Waals surface area contributed by atoms with Gasteiger partial charge in [0.1, 0.15) is 6.04 Å². The molecule has 1 N–H and O–H groups in total. The van der Waals surface area contributed by atoms with Crippen LogP contribution in [0.1, 0.15) is 13.8 Å². The second kappa shape index (κ2) is 11.3. The van der Waals surface area contributed by atoms with Crippen LogP contribution in [0.3, 0.4) is 0 Å². The van der Waals surface area contributed by atoms with E-state index in [9.17, 15) is 14.4 Å². The predicted molar refractivity (Wildman–Crippen MR) is 98.7 cm³/mol. The minimum Gasteiger partial charge on any atom is -0.383 e. The first-order chi connectivity index (χ1) is 11.8. The third-order valence-electron chi connectivity index (χ3n) is 4.04. The van der Waals surface area contributed by atoms with Crippen molar-refractivity contribution in [2.24, 2.45) is 0 Å². The largest absolute Gasteiger partial charge is 0.383 e. The van der Waals surface area contributed by atoms with E-state index in [2.05, 4.69) is 10.2 Å². The van der Waals surface area contributed by atoms with E-state index in [-0.39, 0.29) is 17.1 Å². The lowest BCUT2D eigenvalue weighted by atomic mass is 10.2. The first-order valence-electron chi connectivity index (χ1n) is 8.50. The normalized spacial score (nSPS) is 16.4. The van der Waals surface area contributed by atoms with Crippen LogP contribution >= 0.6 is 11.8 Å². The number of hydrogen-bond donors (Lipinski definition) is 1. The van der Waals surface area contributed by atoms with E-state index in [1.165, 1.54) is 18.7 Å². The van der Waals surface area contributed by atoms with Crippen LogP contribution in [0, 0.1) is 0 Å². The van der Waals surface area contributed by atoms with Crippen molar-refractivity contribution in [2.75, 3.05) is 65.8 Å². The van der Waals surface area contributed by atoms with Gasteiger partial charge in [-0.1, -0.05) is 11.8 Å². The van der Waals surface area contributed by atoms with Crippen LogP contribution < -0.4 is 5.32 Å². The Morgan fingerprint density at radius 2 is 1.84 bits per heavy atom. The highest BCUT2D eigenvalue weighted by molar-refractivity contribution is 8.13. The average Bonchev–Trinajstić information content (AvgIpc) is 2.57. The molecule has 25 heavy (non-hydrogen) atoms. The van der Waals surface area contributed by atoms with Crippen LogP contribution in [0.15, 0.2) is 0 Å². The number of nitrogens with one attached hydrogen (secondary N) is 1. The number of likely N-dealkylation sites (N-methyl/N-ethyl adjacent to an activating group) is 1. The second-order valence-electron chi connectivity index (χ2n) is 6.12. The summed E-state index contributed by atoms with van der Waals surface area (Å²) < 4.78 is 5.03. The van der Waals surface area contributed by atoms with Gasteiger partial charge in [0.2, 0.25) is 5.91 Å². The summed E-state index contributed by atoms with van der Waals surface area (Å²) >= 11 is 1.18. The van der Waals surface area contributed by atoms with Crippen molar-refractivity contribution in [3.8, 4) is 0 Å². The monoisotopic (exact) mass is 374 g/mol. The van der Waals surface area contributed by atoms with E-state index in [4.69, 9.17) is 4.74 Å². The highest BCUT2D eigenvalue weighted by atomic mass is 32.2. The molecule has 1 heterocycles. The molecule has 1 aliphatic rings. The van der Waals surface area contributed by atoms with Crippen molar-refractivity contribution in [1.29, 1.82) is 0 Å². The topological polar surface area (TPSA) is 82.2 Å². The quantitative estimate of drug-likeness (QED) is 0.648. The Labute approximate surface area is 154 Å². The third kappa shape index (κ3) is 8.06. The smallest absolute Gasteiger partial charge is 0.318 e. The Hall–Kier alpha value is -1.32. The molecule has 0 bridgehead atoms. The number of carbonyl (C=O) groups excluding carboxylic acids is 3. The number of ether oxygens (including phenoxy) is 1. The molecular weight excluding hydrogens is 344 g/mol. The molecule has 0 aromatic carbocycles. The number of carbonyl (C=O) groups is 3. The van der Waals surface area contributed by atoms with Gasteiger partial charge in [-0.15, -0.1) is 0 Å². The number of hydrogen-bond acceptors (Lipinski definition) is 6. The number of piperazine rings is 1. The van der Waals surface area contributed by atoms with Crippen molar-refractivity contribution in [1.82, 2.24) is 20.0 Å². The van der Waals surface area contributed by atoms with Crippen molar-refractivity contribution in [2.45, 2.75) is 19.9 Å². The zero-order chi connectivity index (χ0) is 18.8. The van der Waals surface area contributed by atoms with Gasteiger partial charge in [-0.25, -0.2) is 4.79 Å². The number of amides is 3. The molecule has 1 rings (SSSR count). The molecule has 0 unspecified atom stereocenters. The molecule has 0 radical (unpaired) electrons. The number of urea groups is 1. The molecule has 0 spiro atoms. The van der Waals surface area contributed by atoms with Crippen LogP contribution in [-0.4, -0.2) is 104 Å². The lowest BCUT2D eigenvalue weighted by Crippen LogP contribution is -2.55. The lowest BCUT2D eigenvalue weighted by molar-refractivity contribution is -0.134. The van der Waals surface area contributed by atoms with E-state index in [1.807, 2.05) is 7.05 Å². The molecule has 1 aliphatic heterocycles. The van der Waals surface area contributed by atoms with Crippen LogP contribution in [0.25, 0.3) is 0 Å². The fourth-order valence-electron chi connectivity index (χ4n) is 2.45. The van der Waals surface area contributed by atoms with Gasteiger partial charge >= 0.3 is 6.03 Å². The molecule has 1 atom stereocenters. The maximum atomic E-state index is 12.5. The Bertz CT molecular complexity index is 455. The van der Waals surface area contributed by atoms with Gasteiger partial charge in [0, 0.05) is 59.1 Å². The first kappa shape index (κ1) is 21.7. The molecule has 0 aromatic heterocycles. The molecule has 0 aromatic rings. The van der Waals surface area contributed by atoms with E-state index >= 15 is 0 Å². The van der Waals surface area contributed by atoms with Crippen molar-refractivity contribution >= 4 is 28.8 Å². The first-order valence-corrected chi connectivity index (χ1v) is 9.48. The standard InChI is InChI=1S/C16H30N4O4S/c1-13(15(22)19-7-5-18(3)6-8-19)17-16(23)20(9-11-24-4)10-12-25-14(2)21/h13H,5-12H2,1-4H3,(H,17,23)/t13-/m0/s1. The molecule has 0 aliphatic carbocycles. The fraction of sp³-hybridized carbons (Fsp3) is 0.812. The highest BCUT2D eigenvalue weighted by Crippen LogP contribution is 2.05. The maximum Gasteiger partial charge on any atom is 0.318 e. The zero-order valence-electron chi connectivity index (χ0n) is 15.6. The number of methoxy groups -OCH3 is 1.